The Morgan fingerprint density at radius 3 is 2.24 bits per heavy atom. The molecule has 99 valence electrons. The summed E-state index contributed by atoms with van der Waals surface area (Å²) in [6.07, 6.45) is 10.2. The van der Waals surface area contributed by atoms with Crippen molar-refractivity contribution in [2.24, 2.45) is 5.92 Å². The van der Waals surface area contributed by atoms with Crippen LogP contribution in [-0.4, -0.2) is 27.5 Å². The minimum absolute atomic E-state index is 0.0129. The summed E-state index contributed by atoms with van der Waals surface area (Å²) in [5.41, 5.74) is 0. The first-order chi connectivity index (χ1) is 8.26. The molecule has 4 heteroatoms. The van der Waals surface area contributed by atoms with E-state index in [0.29, 0.717) is 0 Å². The number of rotatable bonds is 11. The van der Waals surface area contributed by atoms with E-state index in [-0.39, 0.29) is 11.9 Å². The molecule has 0 aromatic carbocycles. The summed E-state index contributed by atoms with van der Waals surface area (Å²) >= 11 is -2.08. The second-order valence-electron chi connectivity index (χ2n) is 4.55. The molecule has 0 aliphatic heterocycles. The van der Waals surface area contributed by atoms with Crippen molar-refractivity contribution < 1.29 is 10.9 Å². The van der Waals surface area contributed by atoms with Crippen LogP contribution < -0.4 is 0 Å². The fourth-order valence-electron chi connectivity index (χ4n) is 2.02. The third-order valence-electron chi connectivity index (χ3n) is 3.02. The van der Waals surface area contributed by atoms with E-state index in [1.54, 1.807) is 0 Å². The average Bonchev–Trinajstić information content (AvgIpc) is 2.32. The summed E-state index contributed by atoms with van der Waals surface area (Å²) in [5.74, 6) is -0.233. The van der Waals surface area contributed by atoms with Crippen molar-refractivity contribution >= 4 is 27.5 Å². The molecule has 0 heterocycles. The van der Waals surface area contributed by atoms with E-state index in [2.05, 4.69) is 13.8 Å². The van der Waals surface area contributed by atoms with Gasteiger partial charge in [-0.3, -0.25) is 0 Å². The van der Waals surface area contributed by atoms with Gasteiger partial charge < -0.3 is 0 Å². The molecule has 0 aromatic heterocycles. The molecule has 0 bridgehead atoms. The summed E-state index contributed by atoms with van der Waals surface area (Å²) in [6.45, 7) is 4.28. The number of hydrogen-bond acceptors (Lipinski definition) is 3. The zero-order valence-corrected chi connectivity index (χ0v) is 14.0. The molecule has 0 saturated carbocycles. The van der Waals surface area contributed by atoms with Crippen molar-refractivity contribution in [2.75, 3.05) is 0 Å². The van der Waals surface area contributed by atoms with Crippen LogP contribution in [0.5, 0.6) is 0 Å². The fraction of sp³-hybridized carbons (Fsp3) is 0.923. The molecule has 0 fully saturated rings. The first-order valence-electron chi connectivity index (χ1n) is 6.84. The fourth-order valence-corrected chi connectivity index (χ4v) is 2.73. The molecule has 0 N–H and O–H groups in total. The second kappa shape index (κ2) is 12.5. The quantitative estimate of drug-likeness (QED) is 0.423. The van der Waals surface area contributed by atoms with Crippen LogP contribution >= 0.6 is 0 Å². The van der Waals surface area contributed by atoms with E-state index in [4.69, 9.17) is 3.07 Å². The molecule has 0 spiro atoms. The van der Waals surface area contributed by atoms with Crippen molar-refractivity contribution in [1.82, 2.24) is 0 Å². The van der Waals surface area contributed by atoms with Crippen LogP contribution in [0.2, 0.25) is 0 Å². The number of carbonyl (C=O) groups is 1. The predicted octanol–water partition coefficient (Wildman–Crippen LogP) is 3.66. The van der Waals surface area contributed by atoms with Crippen molar-refractivity contribution in [2.45, 2.75) is 71.6 Å². The molecule has 0 aliphatic carbocycles. The van der Waals surface area contributed by atoms with Gasteiger partial charge in [0.1, 0.15) is 0 Å². The summed E-state index contributed by atoms with van der Waals surface area (Å²) in [5, 5.41) is 0. The monoisotopic (exact) mass is 349 g/mol. The van der Waals surface area contributed by atoms with E-state index in [1.807, 2.05) is 0 Å². The Labute approximate surface area is 116 Å². The zero-order valence-electron chi connectivity index (χ0n) is 11.2. The summed E-state index contributed by atoms with van der Waals surface area (Å²) in [7, 11) is 0. The van der Waals surface area contributed by atoms with Crippen molar-refractivity contribution in [3.63, 3.8) is 0 Å². The normalized spacial score (nSPS) is 12.1. The Kier molecular flexibility index (Phi) is 12.6. The molecule has 0 saturated heterocycles. The molecule has 0 rings (SSSR count). The van der Waals surface area contributed by atoms with Gasteiger partial charge in [0.2, 0.25) is 0 Å². The van der Waals surface area contributed by atoms with Crippen LogP contribution in [0.4, 0.5) is 0 Å². The summed E-state index contributed by atoms with van der Waals surface area (Å²) in [6, 6.07) is 0. The van der Waals surface area contributed by atoms with Gasteiger partial charge in [-0.2, -0.15) is 0 Å². The standard InChI is InChI=1S/C13H26O2.O.Sn/c1-3-5-6-7-8-9-11-12(10-4-2)13(14)15;;/h12H,3-11H2,1-2H3,(H,14,15);;/q;;+1/p-1. The van der Waals surface area contributed by atoms with E-state index in [9.17, 15) is 7.87 Å². The third kappa shape index (κ3) is 9.74. The predicted molar refractivity (Wildman–Crippen MR) is 68.9 cm³/mol. The van der Waals surface area contributed by atoms with Crippen LogP contribution in [0.1, 0.15) is 71.6 Å². The second-order valence-corrected chi connectivity index (χ2v) is 5.60. The van der Waals surface area contributed by atoms with Gasteiger partial charge in [0.15, 0.2) is 0 Å². The Balaban J connectivity index is 3.69. The van der Waals surface area contributed by atoms with Gasteiger partial charge in [-0.25, -0.2) is 0 Å². The van der Waals surface area contributed by atoms with E-state index in [1.165, 1.54) is 32.1 Å². The Morgan fingerprint density at radius 1 is 1.00 bits per heavy atom. The molecule has 17 heavy (non-hydrogen) atoms. The van der Waals surface area contributed by atoms with Crippen LogP contribution in [0.3, 0.4) is 0 Å². The number of hydrogen-bond donors (Lipinski definition) is 0. The Bertz CT molecular complexity index is 207. The van der Waals surface area contributed by atoms with Crippen LogP contribution in [-0.2, 0) is 10.9 Å². The van der Waals surface area contributed by atoms with Crippen LogP contribution in [0, 0.1) is 5.92 Å². The first-order valence-corrected chi connectivity index (χ1v) is 9.17. The van der Waals surface area contributed by atoms with Crippen molar-refractivity contribution in [3.05, 3.63) is 0 Å². The summed E-state index contributed by atoms with van der Waals surface area (Å²) in [4.78, 5) is 11.5. The average molecular weight is 348 g/mol. The van der Waals surface area contributed by atoms with Crippen molar-refractivity contribution in [3.8, 4) is 0 Å². The molecule has 0 aliphatic rings. The van der Waals surface area contributed by atoms with Gasteiger partial charge in [0.05, 0.1) is 0 Å². The molecule has 0 aromatic rings. The molecule has 3 nitrogen and oxygen atoms in total. The molecule has 0 amide bonds. The molecule has 1 radical (unpaired) electrons. The van der Waals surface area contributed by atoms with E-state index in [0.717, 1.165) is 25.7 Å². The SMILES string of the molecule is CCCCCCCCC(CCC)C(=O)[O][Sn]=[O]. The Morgan fingerprint density at radius 2 is 1.65 bits per heavy atom. The minimum atomic E-state index is -2.08. The zero-order chi connectivity index (χ0) is 12.9. The van der Waals surface area contributed by atoms with E-state index >= 15 is 0 Å². The Hall–Kier alpha value is 0.0687. The van der Waals surface area contributed by atoms with Crippen LogP contribution in [0.25, 0.3) is 0 Å². The molecule has 1 unspecified atom stereocenters. The van der Waals surface area contributed by atoms with Gasteiger partial charge >= 0.3 is 116 Å². The number of carbonyl (C=O) groups excluding carboxylic acids is 1. The third-order valence-corrected chi connectivity index (χ3v) is 3.83. The molecular formula is C13H25O3Sn. The molecule has 1 atom stereocenters. The maximum atomic E-state index is 11.5. The number of unbranched alkanes of at least 4 members (excludes halogenated alkanes) is 5. The van der Waals surface area contributed by atoms with Crippen LogP contribution in [0.15, 0.2) is 0 Å². The first kappa shape index (κ1) is 17.1. The van der Waals surface area contributed by atoms with Gasteiger partial charge in [-0.1, -0.05) is 0 Å². The topological polar surface area (TPSA) is 43.4 Å². The van der Waals surface area contributed by atoms with E-state index < -0.39 is 21.5 Å². The maximum absolute atomic E-state index is 11.5. The van der Waals surface area contributed by atoms with Crippen molar-refractivity contribution in [1.29, 1.82) is 0 Å². The van der Waals surface area contributed by atoms with Gasteiger partial charge in [0.25, 0.3) is 0 Å². The molecular weight excluding hydrogens is 323 g/mol. The van der Waals surface area contributed by atoms with Gasteiger partial charge in [0, 0.05) is 0 Å². The summed E-state index contributed by atoms with van der Waals surface area (Å²) < 4.78 is 15.2. The van der Waals surface area contributed by atoms with Gasteiger partial charge in [-0.15, -0.1) is 0 Å². The van der Waals surface area contributed by atoms with Gasteiger partial charge in [-0.05, 0) is 0 Å².